The van der Waals surface area contributed by atoms with Gasteiger partial charge in [-0.15, -0.1) is 0 Å². The number of nitro benzene ring substituents is 1. The van der Waals surface area contributed by atoms with Gasteiger partial charge in [-0.1, -0.05) is 11.6 Å². The second-order valence-corrected chi connectivity index (χ2v) is 5.73. The van der Waals surface area contributed by atoms with E-state index in [4.69, 9.17) is 15.8 Å². The number of nitrogens with zero attached hydrogens (tertiary/aromatic N) is 1. The summed E-state index contributed by atoms with van der Waals surface area (Å²) in [6.45, 7) is 0. The summed E-state index contributed by atoms with van der Waals surface area (Å²) >= 11 is 5.68. The Morgan fingerprint density at radius 2 is 1.55 bits per heavy atom. The lowest BCUT2D eigenvalue weighted by Gasteiger charge is -2.06. The van der Waals surface area contributed by atoms with Crippen LogP contribution in [-0.2, 0) is 10.1 Å². The van der Waals surface area contributed by atoms with Gasteiger partial charge in [0.25, 0.3) is 5.69 Å². The molecule has 0 aliphatic rings. The molecular formula is C12H8ClNO5S. The summed E-state index contributed by atoms with van der Waals surface area (Å²) in [6.07, 6.45) is 0. The minimum absolute atomic E-state index is 0.104. The number of nitro groups is 1. The zero-order valence-electron chi connectivity index (χ0n) is 9.89. The van der Waals surface area contributed by atoms with Crippen LogP contribution in [0.2, 0.25) is 5.02 Å². The molecule has 0 amide bonds. The average Bonchev–Trinajstić information content (AvgIpc) is 2.41. The van der Waals surface area contributed by atoms with Gasteiger partial charge < -0.3 is 4.18 Å². The first kappa shape index (κ1) is 14.3. The Morgan fingerprint density at radius 1 is 1.00 bits per heavy atom. The van der Waals surface area contributed by atoms with E-state index >= 15 is 0 Å². The molecule has 2 rings (SSSR count). The van der Waals surface area contributed by atoms with Crippen LogP contribution in [0.15, 0.2) is 53.4 Å². The van der Waals surface area contributed by atoms with Crippen LogP contribution in [0.5, 0.6) is 5.75 Å². The van der Waals surface area contributed by atoms with Crippen molar-refractivity contribution in [2.45, 2.75) is 4.90 Å². The minimum atomic E-state index is -4.03. The average molecular weight is 314 g/mol. The van der Waals surface area contributed by atoms with Crippen molar-refractivity contribution in [3.63, 3.8) is 0 Å². The summed E-state index contributed by atoms with van der Waals surface area (Å²) in [5.74, 6) is 0.104. The maximum atomic E-state index is 11.9. The molecule has 0 N–H and O–H groups in total. The van der Waals surface area contributed by atoms with E-state index in [1.807, 2.05) is 0 Å². The molecule has 0 aliphatic heterocycles. The molecule has 2 aromatic carbocycles. The lowest BCUT2D eigenvalue weighted by molar-refractivity contribution is -0.384. The van der Waals surface area contributed by atoms with Crippen LogP contribution >= 0.6 is 11.6 Å². The molecule has 8 heteroatoms. The first-order valence-corrected chi connectivity index (χ1v) is 7.11. The molecule has 0 saturated carbocycles. The van der Waals surface area contributed by atoms with E-state index < -0.39 is 15.0 Å². The predicted octanol–water partition coefficient (Wildman–Crippen LogP) is 3.02. The predicted molar refractivity (Wildman–Crippen MR) is 72.4 cm³/mol. The van der Waals surface area contributed by atoms with Crippen LogP contribution in [0.4, 0.5) is 5.69 Å². The third kappa shape index (κ3) is 3.25. The van der Waals surface area contributed by atoms with Crippen molar-refractivity contribution in [3.8, 4) is 5.75 Å². The SMILES string of the molecule is O=[N+]([O-])c1ccc(S(=O)(=O)Oc2ccc(Cl)cc2)cc1. The van der Waals surface area contributed by atoms with Gasteiger partial charge in [-0.25, -0.2) is 0 Å². The Hall–Kier alpha value is -2.12. The zero-order chi connectivity index (χ0) is 14.8. The lowest BCUT2D eigenvalue weighted by Crippen LogP contribution is -2.09. The van der Waals surface area contributed by atoms with Crippen molar-refractivity contribution >= 4 is 27.4 Å². The highest BCUT2D eigenvalue weighted by atomic mass is 35.5. The first-order chi connectivity index (χ1) is 9.38. The van der Waals surface area contributed by atoms with Gasteiger partial charge in [0.2, 0.25) is 0 Å². The minimum Gasteiger partial charge on any atom is -0.379 e. The summed E-state index contributed by atoms with van der Waals surface area (Å²) < 4.78 is 28.8. The Bertz CT molecular complexity index is 725. The van der Waals surface area contributed by atoms with Gasteiger partial charge >= 0.3 is 10.1 Å². The molecule has 0 aromatic heterocycles. The van der Waals surface area contributed by atoms with Gasteiger partial charge in [0.1, 0.15) is 10.6 Å². The van der Waals surface area contributed by atoms with Gasteiger partial charge in [-0.05, 0) is 36.4 Å². The van der Waals surface area contributed by atoms with E-state index in [0.29, 0.717) is 5.02 Å². The fourth-order valence-corrected chi connectivity index (χ4v) is 2.46. The monoisotopic (exact) mass is 313 g/mol. The molecule has 0 saturated heterocycles. The summed E-state index contributed by atoms with van der Waals surface area (Å²) in [7, 11) is -4.03. The number of hydrogen-bond donors (Lipinski definition) is 0. The molecule has 0 heterocycles. The smallest absolute Gasteiger partial charge is 0.339 e. The second kappa shape index (κ2) is 5.48. The molecule has 0 atom stereocenters. The molecule has 2 aromatic rings. The summed E-state index contributed by atoms with van der Waals surface area (Å²) in [6, 6.07) is 10.2. The van der Waals surface area contributed by atoms with E-state index in [9.17, 15) is 18.5 Å². The molecule has 0 spiro atoms. The Kier molecular flexibility index (Phi) is 3.91. The quantitative estimate of drug-likeness (QED) is 0.492. The van der Waals surface area contributed by atoms with Gasteiger partial charge in [0, 0.05) is 17.2 Å². The van der Waals surface area contributed by atoms with Gasteiger partial charge in [-0.3, -0.25) is 10.1 Å². The van der Waals surface area contributed by atoms with Crippen LogP contribution < -0.4 is 4.18 Å². The molecule has 0 bridgehead atoms. The van der Waals surface area contributed by atoms with Crippen LogP contribution in [0, 0.1) is 10.1 Å². The van der Waals surface area contributed by atoms with Crippen LogP contribution in [0.3, 0.4) is 0 Å². The fraction of sp³-hybridized carbons (Fsp3) is 0. The van der Waals surface area contributed by atoms with E-state index in [1.165, 1.54) is 24.3 Å². The Morgan fingerprint density at radius 3 is 2.05 bits per heavy atom. The number of rotatable bonds is 4. The molecule has 0 unspecified atom stereocenters. The van der Waals surface area contributed by atoms with Crippen LogP contribution in [0.1, 0.15) is 0 Å². The standard InChI is InChI=1S/C12H8ClNO5S/c13-9-1-5-11(6-2-9)19-20(17,18)12-7-3-10(4-8-12)14(15)16/h1-8H. The Balaban J connectivity index is 2.26. The molecule has 0 aliphatic carbocycles. The van der Waals surface area contributed by atoms with Gasteiger partial charge in [0.15, 0.2) is 0 Å². The number of halogens is 1. The highest BCUT2D eigenvalue weighted by molar-refractivity contribution is 7.87. The highest BCUT2D eigenvalue weighted by Gasteiger charge is 2.18. The summed E-state index contributed by atoms with van der Waals surface area (Å²) in [5.41, 5.74) is -0.199. The van der Waals surface area contributed by atoms with Gasteiger partial charge in [0.05, 0.1) is 4.92 Å². The van der Waals surface area contributed by atoms with Crippen molar-refractivity contribution in [2.75, 3.05) is 0 Å². The zero-order valence-corrected chi connectivity index (χ0v) is 11.5. The van der Waals surface area contributed by atoms with E-state index in [1.54, 1.807) is 0 Å². The number of benzene rings is 2. The molecular weight excluding hydrogens is 306 g/mol. The molecule has 0 radical (unpaired) electrons. The lowest BCUT2D eigenvalue weighted by atomic mass is 10.3. The Labute approximate surface area is 119 Å². The molecule has 20 heavy (non-hydrogen) atoms. The van der Waals surface area contributed by atoms with Crippen molar-refractivity contribution in [1.82, 2.24) is 0 Å². The highest BCUT2D eigenvalue weighted by Crippen LogP contribution is 2.22. The maximum absolute atomic E-state index is 11.9. The topological polar surface area (TPSA) is 86.5 Å². The van der Waals surface area contributed by atoms with E-state index in [0.717, 1.165) is 24.3 Å². The second-order valence-electron chi connectivity index (χ2n) is 3.74. The third-order valence-electron chi connectivity index (χ3n) is 2.36. The summed E-state index contributed by atoms with van der Waals surface area (Å²) in [4.78, 5) is 9.71. The number of non-ortho nitro benzene ring substituents is 1. The number of hydrogen-bond acceptors (Lipinski definition) is 5. The van der Waals surface area contributed by atoms with E-state index in [-0.39, 0.29) is 16.3 Å². The van der Waals surface area contributed by atoms with Crippen molar-refractivity contribution in [3.05, 3.63) is 63.7 Å². The van der Waals surface area contributed by atoms with E-state index in [2.05, 4.69) is 0 Å². The molecule has 104 valence electrons. The molecule has 0 fully saturated rings. The first-order valence-electron chi connectivity index (χ1n) is 5.33. The van der Waals surface area contributed by atoms with Crippen molar-refractivity contribution in [2.24, 2.45) is 0 Å². The van der Waals surface area contributed by atoms with Crippen LogP contribution in [-0.4, -0.2) is 13.3 Å². The fourth-order valence-electron chi connectivity index (χ4n) is 1.40. The van der Waals surface area contributed by atoms with Crippen molar-refractivity contribution in [1.29, 1.82) is 0 Å². The van der Waals surface area contributed by atoms with Gasteiger partial charge in [-0.2, -0.15) is 8.42 Å². The largest absolute Gasteiger partial charge is 0.379 e. The normalized spacial score (nSPS) is 11.1. The maximum Gasteiger partial charge on any atom is 0.339 e. The molecule has 6 nitrogen and oxygen atoms in total. The third-order valence-corrected chi connectivity index (χ3v) is 3.87. The van der Waals surface area contributed by atoms with Crippen LogP contribution in [0.25, 0.3) is 0 Å². The van der Waals surface area contributed by atoms with Crippen molar-refractivity contribution < 1.29 is 17.5 Å². The summed E-state index contributed by atoms with van der Waals surface area (Å²) in [5, 5.41) is 10.9.